The second-order valence-corrected chi connectivity index (χ2v) is 8.93. The van der Waals surface area contributed by atoms with Gasteiger partial charge in [0.2, 0.25) is 0 Å². The van der Waals surface area contributed by atoms with Gasteiger partial charge in [0.15, 0.2) is 0 Å². The van der Waals surface area contributed by atoms with Crippen molar-refractivity contribution in [1.29, 1.82) is 0 Å². The highest BCUT2D eigenvalue weighted by molar-refractivity contribution is 6.35. The Kier molecular flexibility index (Phi) is 4.01. The Bertz CT molecular complexity index is 1750. The van der Waals surface area contributed by atoms with Crippen molar-refractivity contribution in [3.63, 3.8) is 0 Å². The smallest absolute Gasteiger partial charge is 0.00112 e. The lowest BCUT2D eigenvalue weighted by atomic mass is 9.82. The van der Waals surface area contributed by atoms with E-state index in [1.54, 1.807) is 0 Å². The lowest BCUT2D eigenvalue weighted by Gasteiger charge is -2.20. The zero-order valence-electron chi connectivity index (χ0n) is 18.3. The number of rotatable bonds is 3. The van der Waals surface area contributed by atoms with Crippen LogP contribution in [0.15, 0.2) is 121 Å². The van der Waals surface area contributed by atoms with Gasteiger partial charge in [0.05, 0.1) is 0 Å². The molecular formula is C33H22. The molecule has 7 aromatic carbocycles. The van der Waals surface area contributed by atoms with Gasteiger partial charge >= 0.3 is 0 Å². The van der Waals surface area contributed by atoms with E-state index in [9.17, 15) is 0 Å². The first kappa shape index (κ1) is 18.4. The summed E-state index contributed by atoms with van der Waals surface area (Å²) in [5.41, 5.74) is 5.36. The summed E-state index contributed by atoms with van der Waals surface area (Å²) < 4.78 is 0. The molecule has 0 nitrogen and oxygen atoms in total. The van der Waals surface area contributed by atoms with Crippen LogP contribution in [0.5, 0.6) is 0 Å². The van der Waals surface area contributed by atoms with Gasteiger partial charge in [0.1, 0.15) is 0 Å². The number of hydrogen-bond acceptors (Lipinski definition) is 0. The van der Waals surface area contributed by atoms with Crippen LogP contribution < -0.4 is 0 Å². The van der Waals surface area contributed by atoms with Gasteiger partial charge in [-0.25, -0.2) is 0 Å². The quantitative estimate of drug-likeness (QED) is 0.198. The number of fused-ring (bicyclic) bond motifs is 2. The molecule has 0 spiro atoms. The molecule has 0 radical (unpaired) electrons. The molecule has 0 fully saturated rings. The van der Waals surface area contributed by atoms with Crippen LogP contribution in [0, 0.1) is 0 Å². The minimum absolute atomic E-state index is 0.913. The molecule has 0 unspecified atom stereocenters. The zero-order chi connectivity index (χ0) is 21.8. The lowest BCUT2D eigenvalue weighted by molar-refractivity contribution is 1.21. The predicted octanol–water partition coefficient (Wildman–Crippen LogP) is 8.99. The maximum atomic E-state index is 2.42. The molecule has 0 heteroatoms. The van der Waals surface area contributed by atoms with E-state index in [-0.39, 0.29) is 0 Å². The molecule has 0 N–H and O–H groups in total. The monoisotopic (exact) mass is 418 g/mol. The van der Waals surface area contributed by atoms with Crippen LogP contribution in [0.3, 0.4) is 0 Å². The van der Waals surface area contributed by atoms with E-state index in [2.05, 4.69) is 121 Å². The third kappa shape index (κ3) is 2.78. The fourth-order valence-corrected chi connectivity index (χ4v) is 5.67. The Morgan fingerprint density at radius 3 is 1.76 bits per heavy atom. The molecule has 0 aromatic heterocycles. The highest BCUT2D eigenvalue weighted by atomic mass is 14.2. The van der Waals surface area contributed by atoms with Gasteiger partial charge in [-0.1, -0.05) is 121 Å². The van der Waals surface area contributed by atoms with Crippen LogP contribution in [0.2, 0.25) is 0 Å². The minimum atomic E-state index is 0.913. The first-order chi connectivity index (χ1) is 16.4. The van der Waals surface area contributed by atoms with E-state index in [4.69, 9.17) is 0 Å². The van der Waals surface area contributed by atoms with E-state index >= 15 is 0 Å². The Morgan fingerprint density at radius 1 is 0.424 bits per heavy atom. The summed E-state index contributed by atoms with van der Waals surface area (Å²) in [6.07, 6.45) is 0.913. The first-order valence-electron chi connectivity index (χ1n) is 11.6. The largest absolute Gasteiger partial charge is 0.0622 e. The van der Waals surface area contributed by atoms with Gasteiger partial charge in [0, 0.05) is 0 Å². The topological polar surface area (TPSA) is 0 Å². The van der Waals surface area contributed by atoms with Crippen molar-refractivity contribution in [1.82, 2.24) is 0 Å². The molecule has 0 saturated carbocycles. The molecule has 0 heterocycles. The SMILES string of the molecule is c1ccc(Cc2cc3cccc4c5cccc6cccc(c(c2-c2ccccc2)c34)c65)cc1. The molecule has 154 valence electrons. The molecule has 33 heavy (non-hydrogen) atoms. The zero-order valence-corrected chi connectivity index (χ0v) is 18.3. The fourth-order valence-electron chi connectivity index (χ4n) is 5.67. The molecule has 0 aliphatic rings. The van der Waals surface area contributed by atoms with Gasteiger partial charge in [-0.15, -0.1) is 0 Å². The van der Waals surface area contributed by atoms with Crippen molar-refractivity contribution in [2.45, 2.75) is 6.42 Å². The molecule has 0 aliphatic carbocycles. The molecule has 7 rings (SSSR count). The maximum Gasteiger partial charge on any atom is -0.00112 e. The summed E-state index contributed by atoms with van der Waals surface area (Å²) in [6, 6.07) is 44.4. The van der Waals surface area contributed by atoms with Crippen LogP contribution in [-0.4, -0.2) is 0 Å². The van der Waals surface area contributed by atoms with Crippen molar-refractivity contribution in [3.05, 3.63) is 132 Å². The third-order valence-corrected chi connectivity index (χ3v) is 7.01. The normalized spacial score (nSPS) is 11.8. The van der Waals surface area contributed by atoms with Crippen LogP contribution in [0.1, 0.15) is 11.1 Å². The molecular weight excluding hydrogens is 396 g/mol. The molecule has 0 aliphatic heterocycles. The van der Waals surface area contributed by atoms with E-state index in [1.165, 1.54) is 65.3 Å². The van der Waals surface area contributed by atoms with Crippen molar-refractivity contribution in [2.24, 2.45) is 0 Å². The Balaban J connectivity index is 1.73. The second-order valence-electron chi connectivity index (χ2n) is 8.93. The van der Waals surface area contributed by atoms with Crippen LogP contribution in [0.25, 0.3) is 54.2 Å². The molecule has 7 aromatic rings. The maximum absolute atomic E-state index is 2.42. The Morgan fingerprint density at radius 2 is 1.03 bits per heavy atom. The highest BCUT2D eigenvalue weighted by Crippen LogP contribution is 2.45. The standard InChI is InChI=1S/C33H22/c1-3-10-22(11-4-1)20-26-21-25-16-9-18-28-27-17-7-14-24-15-8-19-29(31(24)27)33(32(25)28)30(26)23-12-5-2-6-13-23/h1-19,21H,20H2. The van der Waals surface area contributed by atoms with E-state index in [1.807, 2.05) is 0 Å². The van der Waals surface area contributed by atoms with Crippen molar-refractivity contribution >= 4 is 43.1 Å². The van der Waals surface area contributed by atoms with Crippen LogP contribution >= 0.6 is 0 Å². The summed E-state index contributed by atoms with van der Waals surface area (Å²) in [5, 5.41) is 10.8. The summed E-state index contributed by atoms with van der Waals surface area (Å²) >= 11 is 0. The van der Waals surface area contributed by atoms with Crippen LogP contribution in [-0.2, 0) is 6.42 Å². The average Bonchev–Trinajstić information content (AvgIpc) is 2.88. The first-order valence-corrected chi connectivity index (χ1v) is 11.6. The van der Waals surface area contributed by atoms with Crippen molar-refractivity contribution < 1.29 is 0 Å². The Labute approximate surface area is 193 Å². The molecule has 0 bridgehead atoms. The van der Waals surface area contributed by atoms with Crippen LogP contribution in [0.4, 0.5) is 0 Å². The van der Waals surface area contributed by atoms with E-state index in [0.717, 1.165) is 6.42 Å². The summed E-state index contributed by atoms with van der Waals surface area (Å²) in [4.78, 5) is 0. The molecule has 0 atom stereocenters. The van der Waals surface area contributed by atoms with Gasteiger partial charge in [-0.3, -0.25) is 0 Å². The summed E-state index contributed by atoms with van der Waals surface area (Å²) in [7, 11) is 0. The van der Waals surface area contributed by atoms with Crippen molar-refractivity contribution in [3.8, 4) is 11.1 Å². The Hall–Kier alpha value is -4.16. The fraction of sp³-hybridized carbons (Fsp3) is 0.0303. The van der Waals surface area contributed by atoms with Gasteiger partial charge < -0.3 is 0 Å². The molecule has 0 amide bonds. The average molecular weight is 419 g/mol. The van der Waals surface area contributed by atoms with Gasteiger partial charge in [-0.05, 0) is 71.8 Å². The predicted molar refractivity (Wildman–Crippen MR) is 142 cm³/mol. The summed E-state index contributed by atoms with van der Waals surface area (Å²) in [5.74, 6) is 0. The van der Waals surface area contributed by atoms with Gasteiger partial charge in [-0.2, -0.15) is 0 Å². The summed E-state index contributed by atoms with van der Waals surface area (Å²) in [6.45, 7) is 0. The van der Waals surface area contributed by atoms with Gasteiger partial charge in [0.25, 0.3) is 0 Å². The highest BCUT2D eigenvalue weighted by Gasteiger charge is 2.19. The van der Waals surface area contributed by atoms with E-state index < -0.39 is 0 Å². The minimum Gasteiger partial charge on any atom is -0.0622 e. The lowest BCUT2D eigenvalue weighted by Crippen LogP contribution is -1.97. The number of benzene rings is 7. The second kappa shape index (κ2) is 7.18. The third-order valence-electron chi connectivity index (χ3n) is 7.01. The number of hydrogen-bond donors (Lipinski definition) is 0. The molecule has 0 saturated heterocycles. The van der Waals surface area contributed by atoms with E-state index in [0.29, 0.717) is 0 Å². The van der Waals surface area contributed by atoms with Crippen molar-refractivity contribution in [2.75, 3.05) is 0 Å².